The van der Waals surface area contributed by atoms with E-state index in [1.807, 2.05) is 30.6 Å². The first kappa shape index (κ1) is 16.4. The number of benzene rings is 1. The van der Waals surface area contributed by atoms with Gasteiger partial charge in [0.25, 0.3) is 0 Å². The number of likely N-dealkylation sites (tertiary alicyclic amines) is 1. The molecular formula is C19H26N2O2. The number of rotatable bonds is 3. The highest BCUT2D eigenvalue weighted by Gasteiger charge is 2.35. The molecule has 0 atom stereocenters. The minimum Gasteiger partial charge on any atom is -0.385 e. The predicted molar refractivity (Wildman–Crippen MR) is 92.2 cm³/mol. The molecule has 1 aromatic heterocycles. The number of aliphatic hydroxyl groups is 1. The van der Waals surface area contributed by atoms with Crippen LogP contribution in [0.4, 0.5) is 0 Å². The van der Waals surface area contributed by atoms with Gasteiger partial charge in [0.15, 0.2) is 0 Å². The van der Waals surface area contributed by atoms with Crippen LogP contribution in [-0.4, -0.2) is 40.4 Å². The van der Waals surface area contributed by atoms with Gasteiger partial charge in [-0.1, -0.05) is 24.3 Å². The second-order valence-corrected chi connectivity index (χ2v) is 7.44. The second kappa shape index (κ2) is 6.19. The van der Waals surface area contributed by atoms with Crippen LogP contribution in [0.3, 0.4) is 0 Å². The largest absolute Gasteiger partial charge is 0.385 e. The van der Waals surface area contributed by atoms with Crippen molar-refractivity contribution in [3.8, 4) is 0 Å². The van der Waals surface area contributed by atoms with Crippen molar-refractivity contribution in [3.63, 3.8) is 0 Å². The highest BCUT2D eigenvalue weighted by Crippen LogP contribution is 2.36. The Hall–Kier alpha value is -1.49. The van der Waals surface area contributed by atoms with E-state index in [1.165, 1.54) is 0 Å². The summed E-state index contributed by atoms with van der Waals surface area (Å²) in [6.45, 7) is 8.47. The number of aromatic nitrogens is 1. The lowest BCUT2D eigenvalue weighted by Gasteiger charge is -2.39. The Kier molecular flexibility index (Phi) is 4.41. The van der Waals surface area contributed by atoms with Crippen LogP contribution in [0.5, 0.6) is 0 Å². The smallest absolute Gasteiger partial charge is 0.0997 e. The van der Waals surface area contributed by atoms with E-state index < -0.39 is 5.60 Å². The van der Waals surface area contributed by atoms with Crippen LogP contribution in [0.2, 0.25) is 0 Å². The van der Waals surface area contributed by atoms with E-state index in [9.17, 15) is 5.11 Å². The number of hydrogen-bond acceptors (Lipinski definition) is 4. The average Bonchev–Trinajstić information content (AvgIpc) is 2.53. The summed E-state index contributed by atoms with van der Waals surface area (Å²) in [5.41, 5.74) is 0.0198. The first-order valence-electron chi connectivity index (χ1n) is 8.29. The molecule has 0 saturated carbocycles. The van der Waals surface area contributed by atoms with E-state index in [4.69, 9.17) is 4.74 Å². The fraction of sp³-hybridized carbons (Fsp3) is 0.526. The molecule has 0 radical (unpaired) electrons. The molecular weight excluding hydrogens is 288 g/mol. The van der Waals surface area contributed by atoms with Crippen LogP contribution in [0, 0.1) is 0 Å². The number of nitrogens with zero attached hydrogens (tertiary/aromatic N) is 2. The van der Waals surface area contributed by atoms with Gasteiger partial charge < -0.3 is 9.84 Å². The SMILES string of the molecule is CC(C)(C)OCN1CCC(O)(c2cncc3ccccc23)CC1. The summed E-state index contributed by atoms with van der Waals surface area (Å²) < 4.78 is 5.84. The number of ether oxygens (including phenoxy) is 1. The molecule has 0 amide bonds. The third-order valence-electron chi connectivity index (χ3n) is 4.53. The van der Waals surface area contributed by atoms with E-state index in [1.54, 1.807) is 0 Å². The maximum absolute atomic E-state index is 11.2. The van der Waals surface area contributed by atoms with Crippen molar-refractivity contribution < 1.29 is 9.84 Å². The van der Waals surface area contributed by atoms with Crippen LogP contribution >= 0.6 is 0 Å². The van der Waals surface area contributed by atoms with Gasteiger partial charge in [0, 0.05) is 36.4 Å². The zero-order valence-electron chi connectivity index (χ0n) is 14.2. The van der Waals surface area contributed by atoms with E-state index in [-0.39, 0.29) is 5.60 Å². The summed E-state index contributed by atoms with van der Waals surface area (Å²) in [5, 5.41) is 13.4. The zero-order chi connectivity index (χ0) is 16.5. The van der Waals surface area contributed by atoms with E-state index in [0.29, 0.717) is 19.6 Å². The molecule has 124 valence electrons. The van der Waals surface area contributed by atoms with Crippen molar-refractivity contribution in [1.82, 2.24) is 9.88 Å². The number of hydrogen-bond donors (Lipinski definition) is 1. The molecule has 1 N–H and O–H groups in total. The number of piperidine rings is 1. The Morgan fingerprint density at radius 2 is 1.87 bits per heavy atom. The van der Waals surface area contributed by atoms with E-state index in [0.717, 1.165) is 29.4 Å². The molecule has 0 aliphatic carbocycles. The third-order valence-corrected chi connectivity index (χ3v) is 4.53. The minimum atomic E-state index is -0.800. The van der Waals surface area contributed by atoms with Crippen LogP contribution in [0.25, 0.3) is 10.8 Å². The number of pyridine rings is 1. The molecule has 0 bridgehead atoms. The molecule has 1 aliphatic heterocycles. The van der Waals surface area contributed by atoms with Crippen molar-refractivity contribution >= 4 is 10.8 Å². The summed E-state index contributed by atoms with van der Waals surface area (Å²) in [6.07, 6.45) is 5.09. The van der Waals surface area contributed by atoms with Gasteiger partial charge in [0.05, 0.1) is 17.9 Å². The molecule has 1 fully saturated rings. The molecule has 1 saturated heterocycles. The monoisotopic (exact) mass is 314 g/mol. The molecule has 1 aliphatic rings. The second-order valence-electron chi connectivity index (χ2n) is 7.44. The van der Waals surface area contributed by atoms with Crippen LogP contribution in [-0.2, 0) is 10.3 Å². The molecule has 0 unspecified atom stereocenters. The van der Waals surface area contributed by atoms with Crippen LogP contribution in [0.15, 0.2) is 36.7 Å². The van der Waals surface area contributed by atoms with Crippen molar-refractivity contribution in [2.24, 2.45) is 0 Å². The van der Waals surface area contributed by atoms with Crippen LogP contribution < -0.4 is 0 Å². The average molecular weight is 314 g/mol. The molecule has 1 aromatic carbocycles. The first-order chi connectivity index (χ1) is 10.9. The van der Waals surface area contributed by atoms with E-state index >= 15 is 0 Å². The fourth-order valence-corrected chi connectivity index (χ4v) is 3.09. The van der Waals surface area contributed by atoms with Crippen molar-refractivity contribution in [2.45, 2.75) is 44.8 Å². The van der Waals surface area contributed by atoms with Crippen molar-refractivity contribution in [2.75, 3.05) is 19.8 Å². The highest BCUT2D eigenvalue weighted by atomic mass is 16.5. The molecule has 0 spiro atoms. The summed E-state index contributed by atoms with van der Waals surface area (Å²) in [4.78, 5) is 6.58. The van der Waals surface area contributed by atoms with Crippen molar-refractivity contribution in [1.29, 1.82) is 0 Å². The Bertz CT molecular complexity index is 665. The van der Waals surface area contributed by atoms with Crippen LogP contribution in [0.1, 0.15) is 39.2 Å². The Labute approximate surface area is 138 Å². The quantitative estimate of drug-likeness (QED) is 0.944. The van der Waals surface area contributed by atoms with Gasteiger partial charge in [-0.15, -0.1) is 0 Å². The summed E-state index contributed by atoms with van der Waals surface area (Å²) in [6, 6.07) is 8.13. The van der Waals surface area contributed by atoms with Gasteiger partial charge in [-0.3, -0.25) is 9.88 Å². The molecule has 4 nitrogen and oxygen atoms in total. The van der Waals surface area contributed by atoms with Gasteiger partial charge in [-0.2, -0.15) is 0 Å². The molecule has 2 heterocycles. The Morgan fingerprint density at radius 3 is 2.57 bits per heavy atom. The van der Waals surface area contributed by atoms with Crippen molar-refractivity contribution in [3.05, 3.63) is 42.2 Å². The van der Waals surface area contributed by atoms with Gasteiger partial charge in [-0.25, -0.2) is 0 Å². The zero-order valence-corrected chi connectivity index (χ0v) is 14.2. The summed E-state index contributed by atoms with van der Waals surface area (Å²) in [5.74, 6) is 0. The molecule has 3 rings (SSSR count). The van der Waals surface area contributed by atoms with Gasteiger partial charge >= 0.3 is 0 Å². The Balaban J connectivity index is 1.74. The van der Waals surface area contributed by atoms with E-state index in [2.05, 4.69) is 36.7 Å². The van der Waals surface area contributed by atoms with Gasteiger partial charge in [0.2, 0.25) is 0 Å². The summed E-state index contributed by atoms with van der Waals surface area (Å²) >= 11 is 0. The normalized spacial score (nSPS) is 19.1. The fourth-order valence-electron chi connectivity index (χ4n) is 3.09. The maximum Gasteiger partial charge on any atom is 0.0997 e. The first-order valence-corrected chi connectivity index (χ1v) is 8.29. The lowest BCUT2D eigenvalue weighted by atomic mass is 9.83. The Morgan fingerprint density at radius 1 is 1.17 bits per heavy atom. The third kappa shape index (κ3) is 3.71. The molecule has 23 heavy (non-hydrogen) atoms. The minimum absolute atomic E-state index is 0.132. The summed E-state index contributed by atoms with van der Waals surface area (Å²) in [7, 11) is 0. The van der Waals surface area contributed by atoms with Gasteiger partial charge in [0.1, 0.15) is 0 Å². The van der Waals surface area contributed by atoms with Gasteiger partial charge in [-0.05, 0) is 39.0 Å². The lowest BCUT2D eigenvalue weighted by Crippen LogP contribution is -2.44. The lowest BCUT2D eigenvalue weighted by molar-refractivity contribution is -0.0960. The molecule has 4 heteroatoms. The standard InChI is InChI=1S/C19H26N2O2/c1-18(2,3)23-14-21-10-8-19(22,9-11-21)17-13-20-12-15-6-4-5-7-16(15)17/h4-7,12-13,22H,8-11,14H2,1-3H3. The molecule has 2 aromatic rings. The number of fused-ring (bicyclic) bond motifs is 1. The predicted octanol–water partition coefficient (Wildman–Crippen LogP) is 3.29. The maximum atomic E-state index is 11.2. The topological polar surface area (TPSA) is 45.6 Å². The highest BCUT2D eigenvalue weighted by molar-refractivity contribution is 5.85.